The average molecular weight is 458 g/mol. The summed E-state index contributed by atoms with van der Waals surface area (Å²) in [5.74, 6) is -0.0609. The first-order valence-electron chi connectivity index (χ1n) is 9.14. The van der Waals surface area contributed by atoms with Crippen molar-refractivity contribution in [2.45, 2.75) is 32.8 Å². The lowest BCUT2D eigenvalue weighted by molar-refractivity contribution is -0.144. The molecule has 1 heterocycles. The molecule has 8 heteroatoms. The molecule has 3 aromatic rings. The Morgan fingerprint density at radius 1 is 1.34 bits per heavy atom. The molecule has 0 fully saturated rings. The van der Waals surface area contributed by atoms with Crippen LogP contribution in [0.4, 0.5) is 0 Å². The molecule has 0 aliphatic carbocycles. The highest BCUT2D eigenvalue weighted by molar-refractivity contribution is 9.10. The first-order valence-corrected chi connectivity index (χ1v) is 9.93. The number of aromatic nitrogens is 2. The number of halogens is 1. The zero-order valence-electron chi connectivity index (χ0n) is 16.0. The van der Waals surface area contributed by atoms with E-state index in [0.29, 0.717) is 34.5 Å². The fourth-order valence-corrected chi connectivity index (χ4v) is 3.11. The van der Waals surface area contributed by atoms with Crippen molar-refractivity contribution in [3.05, 3.63) is 68.7 Å². The van der Waals surface area contributed by atoms with Crippen molar-refractivity contribution in [2.75, 3.05) is 0 Å². The van der Waals surface area contributed by atoms with E-state index in [-0.39, 0.29) is 5.56 Å². The molecule has 0 amide bonds. The van der Waals surface area contributed by atoms with Crippen LogP contribution in [0.5, 0.6) is 5.75 Å². The van der Waals surface area contributed by atoms with Crippen LogP contribution in [0.25, 0.3) is 10.9 Å². The van der Waals surface area contributed by atoms with Crippen LogP contribution >= 0.6 is 15.9 Å². The summed E-state index contributed by atoms with van der Waals surface area (Å²) in [6.45, 7) is 3.47. The number of aliphatic carboxylic acids is 1. The van der Waals surface area contributed by atoms with Crippen LogP contribution in [0, 0.1) is 0 Å². The molecule has 1 N–H and O–H groups in total. The molecular weight excluding hydrogens is 438 g/mol. The van der Waals surface area contributed by atoms with Crippen LogP contribution in [-0.4, -0.2) is 33.1 Å². The summed E-state index contributed by atoms with van der Waals surface area (Å²) in [4.78, 5) is 28.5. The van der Waals surface area contributed by atoms with E-state index in [1.165, 1.54) is 17.8 Å². The van der Waals surface area contributed by atoms with Gasteiger partial charge in [-0.3, -0.25) is 4.79 Å². The number of hydrogen-bond acceptors (Lipinski definition) is 5. The molecule has 0 spiro atoms. The highest BCUT2D eigenvalue weighted by Crippen LogP contribution is 2.17. The van der Waals surface area contributed by atoms with Gasteiger partial charge in [-0.15, -0.1) is 0 Å². The third kappa shape index (κ3) is 4.89. The summed E-state index contributed by atoms with van der Waals surface area (Å²) >= 11 is 3.38. The molecule has 7 nitrogen and oxygen atoms in total. The van der Waals surface area contributed by atoms with Gasteiger partial charge in [-0.1, -0.05) is 35.0 Å². The van der Waals surface area contributed by atoms with Gasteiger partial charge in [0.1, 0.15) is 11.6 Å². The van der Waals surface area contributed by atoms with Crippen LogP contribution in [0.3, 0.4) is 0 Å². The van der Waals surface area contributed by atoms with E-state index in [9.17, 15) is 9.59 Å². The van der Waals surface area contributed by atoms with Crippen molar-refractivity contribution in [1.82, 2.24) is 9.66 Å². The van der Waals surface area contributed by atoms with Crippen molar-refractivity contribution < 1.29 is 14.6 Å². The molecule has 29 heavy (non-hydrogen) atoms. The maximum Gasteiger partial charge on any atom is 0.344 e. The predicted molar refractivity (Wildman–Crippen MR) is 115 cm³/mol. The zero-order valence-corrected chi connectivity index (χ0v) is 17.6. The topological polar surface area (TPSA) is 93.8 Å². The molecule has 0 radical (unpaired) electrons. The van der Waals surface area contributed by atoms with Crippen LogP contribution in [-0.2, 0) is 11.2 Å². The molecule has 0 unspecified atom stereocenters. The van der Waals surface area contributed by atoms with Gasteiger partial charge >= 0.3 is 5.97 Å². The normalized spacial score (nSPS) is 12.4. The van der Waals surface area contributed by atoms with Gasteiger partial charge < -0.3 is 9.84 Å². The highest BCUT2D eigenvalue weighted by Gasteiger charge is 2.13. The minimum absolute atomic E-state index is 0.247. The number of carbonyl (C=O) groups is 1. The summed E-state index contributed by atoms with van der Waals surface area (Å²) in [6, 6.07) is 12.2. The Balaban J connectivity index is 2.00. The van der Waals surface area contributed by atoms with Gasteiger partial charge in [0.25, 0.3) is 5.56 Å². The minimum atomic E-state index is -1.05. The Labute approximate surface area is 175 Å². The summed E-state index contributed by atoms with van der Waals surface area (Å²) in [6.07, 6.45) is 1.99. The van der Waals surface area contributed by atoms with E-state index in [2.05, 4.69) is 26.0 Å². The molecule has 1 atom stereocenters. The molecular formula is C21H20BrN3O4. The third-order valence-electron chi connectivity index (χ3n) is 4.19. The Hall–Kier alpha value is -3.00. The standard InChI is InChI=1S/C21H20BrN3O4/c1-3-5-19-24-18-9-8-15(22)11-17(18)20(26)25(19)23-12-14-6-4-7-16(10-14)29-13(2)21(27)28/h4,6-13H,3,5H2,1-2H3,(H,27,28)/t13-/m1/s1. The molecule has 0 saturated carbocycles. The second kappa shape index (κ2) is 9.00. The molecule has 0 aliphatic heterocycles. The van der Waals surface area contributed by atoms with Crippen molar-refractivity contribution in [3.63, 3.8) is 0 Å². The monoisotopic (exact) mass is 457 g/mol. The van der Waals surface area contributed by atoms with Gasteiger partial charge in [-0.05, 0) is 49.2 Å². The van der Waals surface area contributed by atoms with Gasteiger partial charge in [0.05, 0.1) is 17.1 Å². The molecule has 1 aromatic heterocycles. The van der Waals surface area contributed by atoms with Gasteiger partial charge in [0, 0.05) is 10.9 Å². The predicted octanol–water partition coefficient (Wildman–Crippen LogP) is 3.85. The largest absolute Gasteiger partial charge is 0.479 e. The Kier molecular flexibility index (Phi) is 6.43. The maximum atomic E-state index is 13.0. The smallest absolute Gasteiger partial charge is 0.344 e. The molecule has 3 rings (SSSR count). The Bertz CT molecular complexity index is 1140. The first kappa shape index (κ1) is 20.7. The van der Waals surface area contributed by atoms with E-state index in [1.807, 2.05) is 13.0 Å². The minimum Gasteiger partial charge on any atom is -0.479 e. The Morgan fingerprint density at radius 3 is 2.86 bits per heavy atom. The quantitative estimate of drug-likeness (QED) is 0.543. The molecule has 0 saturated heterocycles. The van der Waals surface area contributed by atoms with Crippen molar-refractivity contribution in [3.8, 4) is 5.75 Å². The number of hydrogen-bond donors (Lipinski definition) is 1. The number of benzene rings is 2. The molecule has 0 aliphatic rings. The molecule has 0 bridgehead atoms. The SMILES string of the molecule is CCCc1nc2ccc(Br)cc2c(=O)n1N=Cc1cccc(O[C@H](C)C(=O)O)c1. The molecule has 150 valence electrons. The van der Waals surface area contributed by atoms with Crippen molar-refractivity contribution in [1.29, 1.82) is 0 Å². The van der Waals surface area contributed by atoms with Crippen molar-refractivity contribution >= 4 is 39.0 Å². The second-order valence-electron chi connectivity index (χ2n) is 6.47. The summed E-state index contributed by atoms with van der Waals surface area (Å²) < 4.78 is 7.48. The van der Waals surface area contributed by atoms with E-state index >= 15 is 0 Å². The number of ether oxygens (including phenoxy) is 1. The zero-order chi connectivity index (χ0) is 21.0. The number of carboxylic acids is 1. The molecule has 2 aromatic carbocycles. The van der Waals surface area contributed by atoms with Gasteiger partial charge in [0.15, 0.2) is 6.10 Å². The number of carboxylic acid groups (broad SMARTS) is 1. The van der Waals surface area contributed by atoms with E-state index in [4.69, 9.17) is 9.84 Å². The number of nitrogens with zero attached hydrogens (tertiary/aromatic N) is 3. The van der Waals surface area contributed by atoms with Crippen LogP contribution in [0.2, 0.25) is 0 Å². The second-order valence-corrected chi connectivity index (χ2v) is 7.39. The fraction of sp³-hybridized carbons (Fsp3) is 0.238. The van der Waals surface area contributed by atoms with Crippen LogP contribution in [0.15, 0.2) is 56.8 Å². The van der Waals surface area contributed by atoms with E-state index in [1.54, 1.807) is 36.4 Å². The van der Waals surface area contributed by atoms with E-state index in [0.717, 1.165) is 10.9 Å². The average Bonchev–Trinajstić information content (AvgIpc) is 2.69. The third-order valence-corrected chi connectivity index (χ3v) is 4.68. The first-order chi connectivity index (χ1) is 13.9. The lowest BCUT2D eigenvalue weighted by Gasteiger charge is -2.11. The summed E-state index contributed by atoms with van der Waals surface area (Å²) in [5.41, 5.74) is 1.05. The van der Waals surface area contributed by atoms with Crippen molar-refractivity contribution in [2.24, 2.45) is 5.10 Å². The lowest BCUT2D eigenvalue weighted by atomic mass is 10.2. The lowest BCUT2D eigenvalue weighted by Crippen LogP contribution is -2.23. The van der Waals surface area contributed by atoms with Gasteiger partial charge in [0.2, 0.25) is 0 Å². The van der Waals surface area contributed by atoms with Crippen LogP contribution < -0.4 is 10.3 Å². The summed E-state index contributed by atoms with van der Waals surface area (Å²) in [5, 5.41) is 13.8. The number of rotatable bonds is 7. The summed E-state index contributed by atoms with van der Waals surface area (Å²) in [7, 11) is 0. The van der Waals surface area contributed by atoms with Crippen LogP contribution in [0.1, 0.15) is 31.7 Å². The van der Waals surface area contributed by atoms with Gasteiger partial charge in [-0.2, -0.15) is 9.78 Å². The maximum absolute atomic E-state index is 13.0. The Morgan fingerprint density at radius 2 is 2.14 bits per heavy atom. The highest BCUT2D eigenvalue weighted by atomic mass is 79.9. The number of fused-ring (bicyclic) bond motifs is 1. The fourth-order valence-electron chi connectivity index (χ4n) is 2.75. The van der Waals surface area contributed by atoms with E-state index < -0.39 is 12.1 Å². The number of aryl methyl sites for hydroxylation is 1. The van der Waals surface area contributed by atoms with Gasteiger partial charge in [-0.25, -0.2) is 9.78 Å².